The molecule has 2 aromatic rings. The molecule has 2 aromatic carbocycles. The van der Waals surface area contributed by atoms with Crippen molar-refractivity contribution in [3.05, 3.63) is 47.0 Å². The van der Waals surface area contributed by atoms with Crippen LogP contribution >= 0.6 is 11.6 Å². The van der Waals surface area contributed by atoms with Gasteiger partial charge in [0.05, 0.1) is 24.9 Å². The highest BCUT2D eigenvalue weighted by molar-refractivity contribution is 6.32. The first kappa shape index (κ1) is 19.9. The van der Waals surface area contributed by atoms with E-state index < -0.39 is 0 Å². The summed E-state index contributed by atoms with van der Waals surface area (Å²) in [4.78, 5) is 12.3. The smallest absolute Gasteiger partial charge is 0.226 e. The van der Waals surface area contributed by atoms with Gasteiger partial charge in [0.1, 0.15) is 11.5 Å². The molecule has 0 unspecified atom stereocenters. The number of halogens is 1. The molecule has 0 saturated carbocycles. The average Bonchev–Trinajstić information content (AvgIpc) is 2.63. The zero-order chi connectivity index (χ0) is 19.1. The Morgan fingerprint density at radius 1 is 1.08 bits per heavy atom. The Morgan fingerprint density at radius 3 is 2.42 bits per heavy atom. The molecule has 26 heavy (non-hydrogen) atoms. The molecule has 140 valence electrons. The molecule has 1 amide bonds. The summed E-state index contributed by atoms with van der Waals surface area (Å²) in [6.07, 6.45) is 0.320. The largest absolute Gasteiger partial charge is 0.495 e. The number of ether oxygens (including phenoxy) is 2. The lowest BCUT2D eigenvalue weighted by Gasteiger charge is -2.15. The summed E-state index contributed by atoms with van der Waals surface area (Å²) in [6.45, 7) is 4.82. The Bertz CT molecular complexity index is 763. The molecular formula is C20H25ClN2O3. The van der Waals surface area contributed by atoms with E-state index >= 15 is 0 Å². The van der Waals surface area contributed by atoms with Crippen molar-refractivity contribution in [3.8, 4) is 11.5 Å². The molecule has 2 rings (SSSR count). The number of para-hydroxylation sites is 1. The average molecular weight is 377 g/mol. The Labute approximate surface area is 159 Å². The quantitative estimate of drug-likeness (QED) is 0.686. The summed E-state index contributed by atoms with van der Waals surface area (Å²) < 4.78 is 10.5. The normalized spacial score (nSPS) is 10.5. The zero-order valence-electron chi connectivity index (χ0n) is 15.6. The van der Waals surface area contributed by atoms with Crippen molar-refractivity contribution in [3.63, 3.8) is 0 Å². The maximum Gasteiger partial charge on any atom is 0.226 e. The van der Waals surface area contributed by atoms with Gasteiger partial charge >= 0.3 is 0 Å². The molecule has 0 aliphatic heterocycles. The Balaban J connectivity index is 1.98. The topological polar surface area (TPSA) is 59.6 Å². The van der Waals surface area contributed by atoms with Gasteiger partial charge in [0.25, 0.3) is 0 Å². The van der Waals surface area contributed by atoms with Gasteiger partial charge in [0.2, 0.25) is 5.91 Å². The molecule has 0 heterocycles. The van der Waals surface area contributed by atoms with Crippen LogP contribution in [0.25, 0.3) is 0 Å². The maximum atomic E-state index is 12.3. The Hall–Kier alpha value is -2.40. The van der Waals surface area contributed by atoms with Gasteiger partial charge in [-0.2, -0.15) is 0 Å². The van der Waals surface area contributed by atoms with Crippen LogP contribution in [0.1, 0.15) is 31.7 Å². The van der Waals surface area contributed by atoms with Crippen LogP contribution in [0.3, 0.4) is 0 Å². The van der Waals surface area contributed by atoms with E-state index in [0.29, 0.717) is 41.1 Å². The van der Waals surface area contributed by atoms with Crippen LogP contribution in [0.2, 0.25) is 5.02 Å². The lowest BCUT2D eigenvalue weighted by atomic mass is 10.0. The minimum Gasteiger partial charge on any atom is -0.495 e. The number of amides is 1. The van der Waals surface area contributed by atoms with E-state index in [1.54, 1.807) is 12.1 Å². The van der Waals surface area contributed by atoms with Crippen LogP contribution in [-0.2, 0) is 4.79 Å². The van der Waals surface area contributed by atoms with Crippen LogP contribution in [0.15, 0.2) is 36.4 Å². The van der Waals surface area contributed by atoms with Gasteiger partial charge in [0.15, 0.2) is 0 Å². The molecule has 0 atom stereocenters. The van der Waals surface area contributed by atoms with E-state index in [0.717, 1.165) is 5.69 Å². The van der Waals surface area contributed by atoms with E-state index in [-0.39, 0.29) is 5.91 Å². The van der Waals surface area contributed by atoms with Gasteiger partial charge in [0, 0.05) is 30.8 Å². The Morgan fingerprint density at radius 2 is 1.77 bits per heavy atom. The Kier molecular flexibility index (Phi) is 7.16. The third-order valence-corrected chi connectivity index (χ3v) is 4.29. The van der Waals surface area contributed by atoms with E-state index in [9.17, 15) is 4.79 Å². The van der Waals surface area contributed by atoms with Crippen molar-refractivity contribution in [1.82, 2.24) is 0 Å². The predicted octanol–water partition coefficient (Wildman–Crippen LogP) is 4.92. The maximum absolute atomic E-state index is 12.3. The molecule has 0 bridgehead atoms. The van der Waals surface area contributed by atoms with Gasteiger partial charge in [-0.3, -0.25) is 4.79 Å². The van der Waals surface area contributed by atoms with Gasteiger partial charge in [-0.1, -0.05) is 43.6 Å². The molecular weight excluding hydrogens is 352 g/mol. The van der Waals surface area contributed by atoms with Crippen LogP contribution < -0.4 is 20.1 Å². The summed E-state index contributed by atoms with van der Waals surface area (Å²) in [5, 5.41) is 6.60. The van der Waals surface area contributed by atoms with Crippen molar-refractivity contribution < 1.29 is 14.3 Å². The number of nitrogens with one attached hydrogen (secondary N) is 2. The van der Waals surface area contributed by atoms with Crippen molar-refractivity contribution >= 4 is 28.9 Å². The third-order valence-electron chi connectivity index (χ3n) is 4.00. The molecule has 0 aromatic heterocycles. The van der Waals surface area contributed by atoms with Gasteiger partial charge in [-0.05, 0) is 17.5 Å². The molecule has 0 aliphatic carbocycles. The number of rotatable bonds is 8. The van der Waals surface area contributed by atoms with Gasteiger partial charge in [-0.15, -0.1) is 0 Å². The summed E-state index contributed by atoms with van der Waals surface area (Å²) in [6, 6.07) is 11.4. The molecule has 5 nitrogen and oxygen atoms in total. The van der Waals surface area contributed by atoms with Crippen molar-refractivity contribution in [1.29, 1.82) is 0 Å². The minimum atomic E-state index is -0.123. The van der Waals surface area contributed by atoms with Gasteiger partial charge < -0.3 is 20.1 Å². The fraction of sp³-hybridized carbons (Fsp3) is 0.350. The molecule has 0 fully saturated rings. The number of hydrogen-bond acceptors (Lipinski definition) is 4. The second-order valence-corrected chi connectivity index (χ2v) is 6.56. The summed E-state index contributed by atoms with van der Waals surface area (Å²) in [7, 11) is 3.05. The molecule has 2 N–H and O–H groups in total. The monoisotopic (exact) mass is 376 g/mol. The molecule has 0 spiro atoms. The van der Waals surface area contributed by atoms with Gasteiger partial charge in [-0.25, -0.2) is 0 Å². The highest BCUT2D eigenvalue weighted by Gasteiger charge is 2.13. The van der Waals surface area contributed by atoms with Crippen LogP contribution in [0, 0.1) is 0 Å². The van der Waals surface area contributed by atoms with E-state index in [1.807, 2.05) is 18.2 Å². The van der Waals surface area contributed by atoms with Crippen LogP contribution in [-0.4, -0.2) is 26.7 Å². The molecule has 0 saturated heterocycles. The number of hydrogen-bond donors (Lipinski definition) is 2. The summed E-state index contributed by atoms with van der Waals surface area (Å²) in [5.74, 6) is 1.26. The van der Waals surface area contributed by atoms with E-state index in [4.69, 9.17) is 21.1 Å². The lowest BCUT2D eigenvalue weighted by molar-refractivity contribution is -0.116. The van der Waals surface area contributed by atoms with Crippen molar-refractivity contribution in [2.75, 3.05) is 31.4 Å². The highest BCUT2D eigenvalue weighted by atomic mass is 35.5. The van der Waals surface area contributed by atoms with Crippen molar-refractivity contribution in [2.24, 2.45) is 0 Å². The molecule has 6 heteroatoms. The van der Waals surface area contributed by atoms with Crippen LogP contribution in [0.5, 0.6) is 11.5 Å². The first-order chi connectivity index (χ1) is 12.5. The standard InChI is InChI=1S/C20H25ClN2O3/c1-13(2)14-7-5-6-8-16(14)22-10-9-20(24)23-17-12-18(25-3)15(21)11-19(17)26-4/h5-8,11-13,22H,9-10H2,1-4H3,(H,23,24). The van der Waals surface area contributed by atoms with E-state index in [2.05, 4.69) is 30.5 Å². The highest BCUT2D eigenvalue weighted by Crippen LogP contribution is 2.35. The third kappa shape index (κ3) is 5.05. The number of carbonyl (C=O) groups is 1. The lowest BCUT2D eigenvalue weighted by Crippen LogP contribution is -2.17. The zero-order valence-corrected chi connectivity index (χ0v) is 16.3. The second kappa shape index (κ2) is 9.34. The summed E-state index contributed by atoms with van der Waals surface area (Å²) in [5.41, 5.74) is 2.82. The van der Waals surface area contributed by atoms with E-state index in [1.165, 1.54) is 19.8 Å². The van der Waals surface area contributed by atoms with Crippen molar-refractivity contribution in [2.45, 2.75) is 26.2 Å². The fourth-order valence-electron chi connectivity index (χ4n) is 2.64. The minimum absolute atomic E-state index is 0.123. The number of benzene rings is 2. The number of anilines is 2. The summed E-state index contributed by atoms with van der Waals surface area (Å²) >= 11 is 6.08. The molecule has 0 radical (unpaired) electrons. The van der Waals surface area contributed by atoms with Crippen LogP contribution in [0.4, 0.5) is 11.4 Å². The first-order valence-corrected chi connectivity index (χ1v) is 8.88. The molecule has 0 aliphatic rings. The fourth-order valence-corrected chi connectivity index (χ4v) is 2.87. The predicted molar refractivity (Wildman–Crippen MR) is 107 cm³/mol. The first-order valence-electron chi connectivity index (χ1n) is 8.50. The number of methoxy groups -OCH3 is 2. The SMILES string of the molecule is COc1cc(NC(=O)CCNc2ccccc2C(C)C)c(OC)cc1Cl. The second-order valence-electron chi connectivity index (χ2n) is 6.15. The number of carbonyl (C=O) groups excluding carboxylic acids is 1.